The number of carbonyl (C=O) groups is 1. The van der Waals surface area contributed by atoms with E-state index >= 15 is 0 Å². The van der Waals surface area contributed by atoms with E-state index in [0.717, 1.165) is 31.7 Å². The molecule has 0 radical (unpaired) electrons. The third kappa shape index (κ3) is 7.57. The highest BCUT2D eigenvalue weighted by atomic mass is 32.1. The van der Waals surface area contributed by atoms with Crippen molar-refractivity contribution in [2.75, 3.05) is 45.9 Å². The Hall–Kier alpha value is -3.39. The fraction of sp³-hybridized carbons (Fsp3) is 0.333. The van der Waals surface area contributed by atoms with Crippen molar-refractivity contribution in [3.63, 3.8) is 0 Å². The third-order valence-corrected chi connectivity index (χ3v) is 6.83. The van der Waals surface area contributed by atoms with Gasteiger partial charge in [-0.25, -0.2) is 4.79 Å². The van der Waals surface area contributed by atoms with Gasteiger partial charge in [-0.05, 0) is 77.6 Å². The molecular weight excluding hydrogens is 494 g/mol. The minimum atomic E-state index is -0.395. The van der Waals surface area contributed by atoms with Crippen LogP contribution in [-0.2, 0) is 11.2 Å². The molecule has 1 atom stereocenters. The molecule has 3 aromatic rings. The first kappa shape index (κ1) is 27.6. The summed E-state index contributed by atoms with van der Waals surface area (Å²) in [6, 6.07) is 24.7. The number of nitrogens with two attached hydrogens (primary N) is 1. The number of thiocarbonyl (C=S) groups is 1. The predicted octanol–water partition coefficient (Wildman–Crippen LogP) is 4.26. The van der Waals surface area contributed by atoms with Crippen LogP contribution in [-0.4, -0.2) is 57.1 Å². The maximum absolute atomic E-state index is 12.4. The minimum absolute atomic E-state index is 0.0588. The van der Waals surface area contributed by atoms with Gasteiger partial charge in [0.25, 0.3) is 0 Å². The SMILES string of the molecule is NCCNCC(CNCCNC(=O)OCC1c2ccccc2-c2ccccc21)Cc1ccc(N=C=S)cc1. The highest BCUT2D eigenvalue weighted by molar-refractivity contribution is 7.78. The van der Waals surface area contributed by atoms with Crippen molar-refractivity contribution in [1.82, 2.24) is 16.0 Å². The summed E-state index contributed by atoms with van der Waals surface area (Å²) in [5, 5.41) is 12.1. The number of benzene rings is 3. The van der Waals surface area contributed by atoms with Gasteiger partial charge in [-0.1, -0.05) is 60.7 Å². The molecule has 1 aliphatic rings. The summed E-state index contributed by atoms with van der Waals surface area (Å²) in [5.41, 5.74) is 12.5. The summed E-state index contributed by atoms with van der Waals surface area (Å²) in [6.07, 6.45) is 0.514. The smallest absolute Gasteiger partial charge is 0.407 e. The van der Waals surface area contributed by atoms with Crippen molar-refractivity contribution in [3.8, 4) is 11.1 Å². The first-order valence-corrected chi connectivity index (χ1v) is 13.5. The Bertz CT molecular complexity index is 1200. The number of alkyl carbamates (subject to hydrolysis) is 1. The minimum Gasteiger partial charge on any atom is -0.449 e. The molecule has 1 amide bonds. The van der Waals surface area contributed by atoms with Gasteiger partial charge in [0.2, 0.25) is 0 Å². The summed E-state index contributed by atoms with van der Waals surface area (Å²) in [5.74, 6) is 0.430. The lowest BCUT2D eigenvalue weighted by atomic mass is 9.98. The van der Waals surface area contributed by atoms with E-state index in [-0.39, 0.29) is 5.92 Å². The van der Waals surface area contributed by atoms with E-state index < -0.39 is 6.09 Å². The van der Waals surface area contributed by atoms with E-state index in [9.17, 15) is 4.79 Å². The monoisotopic (exact) mass is 529 g/mol. The zero-order chi connectivity index (χ0) is 26.6. The number of isothiocyanates is 1. The van der Waals surface area contributed by atoms with Crippen LogP contribution in [0.2, 0.25) is 0 Å². The first-order valence-electron chi connectivity index (χ1n) is 13.1. The lowest BCUT2D eigenvalue weighted by Gasteiger charge is -2.19. The summed E-state index contributed by atoms with van der Waals surface area (Å²) in [7, 11) is 0. The normalized spacial score (nSPS) is 12.8. The van der Waals surface area contributed by atoms with Crippen molar-refractivity contribution in [2.45, 2.75) is 12.3 Å². The summed E-state index contributed by atoms with van der Waals surface area (Å²) >= 11 is 4.67. The standard InChI is InChI=1S/C30H35N5O2S/c31-13-14-32-18-23(17-22-9-11-24(12-10-22)35-21-38)19-33-15-16-34-30(36)37-20-29-27-7-3-1-5-25(27)26-6-2-4-8-28(26)29/h1-12,23,29,32-33H,13-20,31H2,(H,34,36). The van der Waals surface area contributed by atoms with Gasteiger partial charge in [0, 0.05) is 32.1 Å². The molecule has 198 valence electrons. The zero-order valence-corrected chi connectivity index (χ0v) is 22.3. The summed E-state index contributed by atoms with van der Waals surface area (Å²) < 4.78 is 5.62. The molecule has 0 aliphatic heterocycles. The van der Waals surface area contributed by atoms with Gasteiger partial charge in [0.15, 0.2) is 0 Å². The molecule has 4 rings (SSSR count). The predicted molar refractivity (Wildman–Crippen MR) is 156 cm³/mol. The molecule has 0 aromatic heterocycles. The van der Waals surface area contributed by atoms with E-state index in [0.29, 0.717) is 32.2 Å². The number of aliphatic imine (C=N–C) groups is 1. The van der Waals surface area contributed by atoms with E-state index in [1.807, 2.05) is 36.4 Å². The van der Waals surface area contributed by atoms with Crippen LogP contribution in [0.15, 0.2) is 77.8 Å². The summed E-state index contributed by atoms with van der Waals surface area (Å²) in [6.45, 7) is 4.50. The van der Waals surface area contributed by atoms with E-state index in [4.69, 9.17) is 10.5 Å². The van der Waals surface area contributed by atoms with Gasteiger partial charge in [0.1, 0.15) is 6.61 Å². The number of nitrogens with zero attached hydrogens (tertiary/aromatic N) is 1. The number of amides is 1. The molecule has 0 spiro atoms. The van der Waals surface area contributed by atoms with Crippen LogP contribution in [0.4, 0.5) is 10.5 Å². The number of ether oxygens (including phenoxy) is 1. The van der Waals surface area contributed by atoms with Gasteiger partial charge in [-0.2, -0.15) is 4.99 Å². The molecule has 38 heavy (non-hydrogen) atoms. The second kappa shape index (κ2) is 14.5. The fourth-order valence-electron chi connectivity index (χ4n) is 4.93. The van der Waals surface area contributed by atoms with E-state index in [2.05, 4.69) is 74.7 Å². The molecular formula is C30H35N5O2S. The summed E-state index contributed by atoms with van der Waals surface area (Å²) in [4.78, 5) is 16.4. The number of rotatable bonds is 14. The lowest BCUT2D eigenvalue weighted by molar-refractivity contribution is 0.143. The Morgan fingerprint density at radius 1 is 0.921 bits per heavy atom. The molecule has 0 heterocycles. The lowest BCUT2D eigenvalue weighted by Crippen LogP contribution is -2.38. The van der Waals surface area contributed by atoms with Crippen molar-refractivity contribution in [3.05, 3.63) is 89.5 Å². The molecule has 0 saturated carbocycles. The van der Waals surface area contributed by atoms with Crippen LogP contribution >= 0.6 is 12.2 Å². The average molecular weight is 530 g/mol. The molecule has 0 saturated heterocycles. The van der Waals surface area contributed by atoms with Gasteiger partial charge in [-0.3, -0.25) is 0 Å². The highest BCUT2D eigenvalue weighted by Crippen LogP contribution is 2.44. The Labute approximate surface area is 229 Å². The molecule has 5 N–H and O–H groups in total. The Kier molecular flexibility index (Phi) is 10.6. The van der Waals surface area contributed by atoms with Crippen LogP contribution in [0.3, 0.4) is 0 Å². The molecule has 1 unspecified atom stereocenters. The first-order chi connectivity index (χ1) is 18.7. The van der Waals surface area contributed by atoms with Gasteiger partial charge >= 0.3 is 6.09 Å². The number of nitrogens with one attached hydrogen (secondary N) is 3. The number of hydrogen-bond acceptors (Lipinski definition) is 7. The molecule has 0 bridgehead atoms. The van der Waals surface area contributed by atoms with E-state index in [1.54, 1.807) is 0 Å². The Morgan fingerprint density at radius 3 is 2.18 bits per heavy atom. The van der Waals surface area contributed by atoms with Crippen molar-refractivity contribution in [2.24, 2.45) is 16.6 Å². The number of hydrogen-bond donors (Lipinski definition) is 4. The van der Waals surface area contributed by atoms with Crippen LogP contribution in [0, 0.1) is 5.92 Å². The quantitative estimate of drug-likeness (QED) is 0.142. The van der Waals surface area contributed by atoms with Crippen LogP contribution in [0.1, 0.15) is 22.6 Å². The number of fused-ring (bicyclic) bond motifs is 3. The van der Waals surface area contributed by atoms with Crippen LogP contribution in [0.5, 0.6) is 0 Å². The molecule has 8 heteroatoms. The van der Waals surface area contributed by atoms with Crippen molar-refractivity contribution in [1.29, 1.82) is 0 Å². The molecule has 1 aliphatic carbocycles. The largest absolute Gasteiger partial charge is 0.449 e. The van der Waals surface area contributed by atoms with Crippen LogP contribution in [0.25, 0.3) is 11.1 Å². The van der Waals surface area contributed by atoms with Gasteiger partial charge in [-0.15, -0.1) is 0 Å². The zero-order valence-electron chi connectivity index (χ0n) is 21.5. The molecule has 3 aromatic carbocycles. The fourth-order valence-corrected chi connectivity index (χ4v) is 5.03. The van der Waals surface area contributed by atoms with Gasteiger partial charge < -0.3 is 26.4 Å². The number of carbonyl (C=O) groups excluding carboxylic acids is 1. The Morgan fingerprint density at radius 2 is 1.55 bits per heavy atom. The second-order valence-corrected chi connectivity index (χ2v) is 9.57. The highest BCUT2D eigenvalue weighted by Gasteiger charge is 2.28. The van der Waals surface area contributed by atoms with Crippen molar-refractivity contribution < 1.29 is 9.53 Å². The van der Waals surface area contributed by atoms with E-state index in [1.165, 1.54) is 27.8 Å². The second-order valence-electron chi connectivity index (χ2n) is 9.39. The van der Waals surface area contributed by atoms with Gasteiger partial charge in [0.05, 0.1) is 10.8 Å². The topological polar surface area (TPSA) is 101 Å². The molecule has 7 nitrogen and oxygen atoms in total. The Balaban J connectivity index is 1.20. The maximum atomic E-state index is 12.4. The van der Waals surface area contributed by atoms with Crippen LogP contribution < -0.4 is 21.7 Å². The average Bonchev–Trinajstić information content (AvgIpc) is 3.26. The van der Waals surface area contributed by atoms with Crippen molar-refractivity contribution >= 4 is 29.2 Å². The maximum Gasteiger partial charge on any atom is 0.407 e. The molecule has 0 fully saturated rings. The third-order valence-electron chi connectivity index (χ3n) is 6.74.